The molecule has 20 heavy (non-hydrogen) atoms. The number of hydrogen-bond acceptors (Lipinski definition) is 5. The van der Waals surface area contributed by atoms with Crippen molar-refractivity contribution in [2.24, 2.45) is 0 Å². The number of anilines is 2. The molecule has 0 spiro atoms. The van der Waals surface area contributed by atoms with Gasteiger partial charge in [-0.1, -0.05) is 6.07 Å². The summed E-state index contributed by atoms with van der Waals surface area (Å²) in [5, 5.41) is 0. The van der Waals surface area contributed by atoms with Crippen LogP contribution >= 0.6 is 0 Å². The smallest absolute Gasteiger partial charge is 0.0894 e. The van der Waals surface area contributed by atoms with Crippen molar-refractivity contribution in [2.75, 3.05) is 11.5 Å². The Balaban J connectivity index is 2.01. The van der Waals surface area contributed by atoms with Crippen LogP contribution in [0.3, 0.4) is 0 Å². The first-order valence-corrected chi connectivity index (χ1v) is 6.13. The van der Waals surface area contributed by atoms with Crippen molar-refractivity contribution in [1.29, 1.82) is 0 Å². The van der Waals surface area contributed by atoms with Crippen molar-refractivity contribution < 1.29 is 0 Å². The summed E-state index contributed by atoms with van der Waals surface area (Å²) in [5.74, 6) is 0. The van der Waals surface area contributed by atoms with E-state index in [2.05, 4.69) is 15.0 Å². The summed E-state index contributed by atoms with van der Waals surface area (Å²) < 4.78 is 0. The summed E-state index contributed by atoms with van der Waals surface area (Å²) in [6, 6.07) is 13.0. The van der Waals surface area contributed by atoms with Crippen LogP contribution in [0.5, 0.6) is 0 Å². The fourth-order valence-corrected chi connectivity index (χ4v) is 1.83. The quantitative estimate of drug-likeness (QED) is 0.740. The zero-order chi connectivity index (χ0) is 13.9. The van der Waals surface area contributed by atoms with Gasteiger partial charge >= 0.3 is 0 Å². The highest BCUT2D eigenvalue weighted by molar-refractivity contribution is 5.63. The highest BCUT2D eigenvalue weighted by Gasteiger charge is 2.05. The third-order valence-corrected chi connectivity index (χ3v) is 2.85. The Labute approximate surface area is 116 Å². The predicted octanol–water partition coefficient (Wildman–Crippen LogP) is 2.37. The number of aromatic nitrogens is 3. The number of nitrogen functional groups attached to an aromatic ring is 2. The number of nitrogens with zero attached hydrogens (tertiary/aromatic N) is 3. The zero-order valence-corrected chi connectivity index (χ0v) is 10.7. The molecule has 0 radical (unpaired) electrons. The third-order valence-electron chi connectivity index (χ3n) is 2.85. The third kappa shape index (κ3) is 2.42. The van der Waals surface area contributed by atoms with Crippen LogP contribution in [-0.4, -0.2) is 15.0 Å². The van der Waals surface area contributed by atoms with Crippen molar-refractivity contribution in [1.82, 2.24) is 15.0 Å². The van der Waals surface area contributed by atoms with E-state index in [4.69, 9.17) is 11.5 Å². The zero-order valence-electron chi connectivity index (χ0n) is 10.7. The van der Waals surface area contributed by atoms with Crippen molar-refractivity contribution in [3.05, 3.63) is 54.9 Å². The molecule has 3 heterocycles. The van der Waals surface area contributed by atoms with Gasteiger partial charge in [-0.2, -0.15) is 0 Å². The van der Waals surface area contributed by atoms with Gasteiger partial charge in [0.25, 0.3) is 0 Å². The van der Waals surface area contributed by atoms with Crippen LogP contribution in [0.15, 0.2) is 54.9 Å². The van der Waals surface area contributed by atoms with Gasteiger partial charge in [-0.15, -0.1) is 0 Å². The molecule has 0 fully saturated rings. The number of pyridine rings is 3. The van der Waals surface area contributed by atoms with E-state index in [0.717, 1.165) is 22.8 Å². The van der Waals surface area contributed by atoms with Crippen molar-refractivity contribution in [3.63, 3.8) is 0 Å². The molecule has 0 aliphatic carbocycles. The molecular weight excluding hydrogens is 250 g/mol. The molecule has 5 nitrogen and oxygen atoms in total. The van der Waals surface area contributed by atoms with E-state index in [-0.39, 0.29) is 0 Å². The average molecular weight is 263 g/mol. The van der Waals surface area contributed by atoms with Crippen LogP contribution in [0.4, 0.5) is 11.4 Å². The number of rotatable bonds is 2. The Bertz CT molecular complexity index is 659. The van der Waals surface area contributed by atoms with Crippen LogP contribution in [0, 0.1) is 0 Å². The van der Waals surface area contributed by atoms with E-state index in [1.54, 1.807) is 24.5 Å². The molecule has 5 heteroatoms. The van der Waals surface area contributed by atoms with E-state index in [0.29, 0.717) is 11.4 Å². The predicted molar refractivity (Wildman–Crippen MR) is 79.5 cm³/mol. The van der Waals surface area contributed by atoms with Gasteiger partial charge in [-0.25, -0.2) is 4.98 Å². The Hall–Kier alpha value is -2.95. The van der Waals surface area contributed by atoms with Crippen molar-refractivity contribution in [2.45, 2.75) is 0 Å². The summed E-state index contributed by atoms with van der Waals surface area (Å²) in [7, 11) is 0. The minimum absolute atomic E-state index is 0.630. The molecule has 0 bridgehead atoms. The maximum absolute atomic E-state index is 5.64. The Kier molecular flexibility index (Phi) is 3.01. The molecule has 0 saturated carbocycles. The van der Waals surface area contributed by atoms with Crippen LogP contribution < -0.4 is 11.5 Å². The highest BCUT2D eigenvalue weighted by Crippen LogP contribution is 2.20. The van der Waals surface area contributed by atoms with Gasteiger partial charge in [0.2, 0.25) is 0 Å². The van der Waals surface area contributed by atoms with Gasteiger partial charge in [-0.05, 0) is 36.4 Å². The molecule has 0 aromatic carbocycles. The number of hydrogen-bond donors (Lipinski definition) is 2. The van der Waals surface area contributed by atoms with Crippen LogP contribution in [0.25, 0.3) is 22.8 Å². The van der Waals surface area contributed by atoms with Gasteiger partial charge in [0.1, 0.15) is 0 Å². The van der Waals surface area contributed by atoms with Gasteiger partial charge in [-0.3, -0.25) is 9.97 Å². The lowest BCUT2D eigenvalue weighted by atomic mass is 10.2. The lowest BCUT2D eigenvalue weighted by molar-refractivity contribution is 1.22. The molecule has 0 aliphatic rings. The highest BCUT2D eigenvalue weighted by atomic mass is 14.8. The van der Waals surface area contributed by atoms with E-state index in [9.17, 15) is 0 Å². The van der Waals surface area contributed by atoms with Crippen LogP contribution in [0.2, 0.25) is 0 Å². The molecule has 3 aromatic heterocycles. The fraction of sp³-hybridized carbons (Fsp3) is 0. The monoisotopic (exact) mass is 263 g/mol. The van der Waals surface area contributed by atoms with E-state index in [1.165, 1.54) is 0 Å². The van der Waals surface area contributed by atoms with Crippen LogP contribution in [0.1, 0.15) is 0 Å². The summed E-state index contributed by atoms with van der Waals surface area (Å²) in [6.07, 6.45) is 3.23. The second kappa shape index (κ2) is 4.97. The Morgan fingerprint density at radius 3 is 1.50 bits per heavy atom. The van der Waals surface area contributed by atoms with Crippen LogP contribution in [-0.2, 0) is 0 Å². The van der Waals surface area contributed by atoms with Gasteiger partial charge in [0.15, 0.2) is 0 Å². The molecule has 4 N–H and O–H groups in total. The maximum atomic E-state index is 5.64. The average Bonchev–Trinajstić information content (AvgIpc) is 2.49. The first-order chi connectivity index (χ1) is 9.72. The van der Waals surface area contributed by atoms with Crippen molar-refractivity contribution >= 4 is 11.4 Å². The summed E-state index contributed by atoms with van der Waals surface area (Å²) >= 11 is 0. The first kappa shape index (κ1) is 12.1. The number of nitrogens with two attached hydrogens (primary N) is 2. The second-order valence-electron chi connectivity index (χ2n) is 4.36. The molecule has 3 rings (SSSR count). The molecule has 0 aliphatic heterocycles. The summed E-state index contributed by atoms with van der Waals surface area (Å²) in [4.78, 5) is 13.1. The van der Waals surface area contributed by atoms with Crippen molar-refractivity contribution in [3.8, 4) is 22.8 Å². The summed E-state index contributed by atoms with van der Waals surface area (Å²) in [6.45, 7) is 0. The molecule has 0 saturated heterocycles. The lowest BCUT2D eigenvalue weighted by Crippen LogP contribution is -1.93. The molecule has 0 atom stereocenters. The molecule has 3 aromatic rings. The van der Waals surface area contributed by atoms with E-state index < -0.39 is 0 Å². The SMILES string of the molecule is Nc1ccc(-c2cccc(-c3ccc(N)cn3)n2)nc1. The normalized spacial score (nSPS) is 10.4. The second-order valence-corrected chi connectivity index (χ2v) is 4.36. The minimum Gasteiger partial charge on any atom is -0.397 e. The topological polar surface area (TPSA) is 90.7 Å². The molecular formula is C15H13N5. The lowest BCUT2D eigenvalue weighted by Gasteiger charge is -2.04. The van der Waals surface area contributed by atoms with Gasteiger partial charge < -0.3 is 11.5 Å². The van der Waals surface area contributed by atoms with E-state index in [1.807, 2.05) is 30.3 Å². The standard InChI is InChI=1S/C15H13N5/c16-10-4-6-12(18-8-10)14-2-1-3-15(20-14)13-7-5-11(17)9-19-13/h1-9H,16-17H2. The largest absolute Gasteiger partial charge is 0.397 e. The molecule has 98 valence electrons. The van der Waals surface area contributed by atoms with Gasteiger partial charge in [0, 0.05) is 0 Å². The van der Waals surface area contributed by atoms with E-state index >= 15 is 0 Å². The summed E-state index contributed by atoms with van der Waals surface area (Å²) in [5.41, 5.74) is 15.6. The Morgan fingerprint density at radius 1 is 0.600 bits per heavy atom. The maximum Gasteiger partial charge on any atom is 0.0894 e. The fourth-order valence-electron chi connectivity index (χ4n) is 1.83. The minimum atomic E-state index is 0.630. The Morgan fingerprint density at radius 2 is 1.10 bits per heavy atom. The van der Waals surface area contributed by atoms with Gasteiger partial charge in [0.05, 0.1) is 46.5 Å². The molecule has 0 amide bonds. The first-order valence-electron chi connectivity index (χ1n) is 6.13. The molecule has 0 unspecified atom stereocenters.